The van der Waals surface area contributed by atoms with E-state index in [1.807, 2.05) is 18.2 Å². The van der Waals surface area contributed by atoms with Crippen LogP contribution >= 0.6 is 27.7 Å². The Hall–Kier alpha value is -0.600. The molecule has 0 amide bonds. The third kappa shape index (κ3) is 2.42. The standard InChI is InChI=1S/C22H29BrO5S/c1-19(2)21(26-5)17(29-14-9-7-6-8-10-14)20(3)16(27-13-25-4)12-11-15(23)22(19,20)28-18(21)24/h6-10,15-17H,11-13H2,1-5H3/t15-,16+,17+,20+,21-,22-/m1/s1. The first-order chi connectivity index (χ1) is 13.7. The van der Waals surface area contributed by atoms with Crippen LogP contribution in [0.2, 0.25) is 0 Å². The highest BCUT2D eigenvalue weighted by Gasteiger charge is 2.91. The van der Waals surface area contributed by atoms with Gasteiger partial charge in [0.2, 0.25) is 0 Å². The highest BCUT2D eigenvalue weighted by molar-refractivity contribution is 9.09. The van der Waals surface area contributed by atoms with Crippen LogP contribution in [0.25, 0.3) is 0 Å². The quantitative estimate of drug-likeness (QED) is 0.338. The fourth-order valence-electron chi connectivity index (χ4n) is 6.41. The van der Waals surface area contributed by atoms with Crippen molar-refractivity contribution in [2.45, 2.75) is 65.9 Å². The van der Waals surface area contributed by atoms with E-state index in [1.54, 1.807) is 26.0 Å². The van der Waals surface area contributed by atoms with Crippen molar-refractivity contribution in [3.05, 3.63) is 30.3 Å². The molecule has 29 heavy (non-hydrogen) atoms. The second kappa shape index (κ2) is 7.23. The number of benzene rings is 1. The molecule has 3 aliphatic rings. The Labute approximate surface area is 185 Å². The molecule has 0 radical (unpaired) electrons. The lowest BCUT2D eigenvalue weighted by Crippen LogP contribution is -2.68. The number of hydrogen-bond donors (Lipinski definition) is 0. The maximum Gasteiger partial charge on any atom is 0.340 e. The largest absolute Gasteiger partial charge is 0.454 e. The van der Waals surface area contributed by atoms with Gasteiger partial charge in [0, 0.05) is 24.5 Å². The maximum absolute atomic E-state index is 13.4. The van der Waals surface area contributed by atoms with Crippen LogP contribution in [0.15, 0.2) is 35.2 Å². The van der Waals surface area contributed by atoms with Gasteiger partial charge in [-0.2, -0.15) is 0 Å². The maximum atomic E-state index is 13.4. The van der Waals surface area contributed by atoms with Crippen molar-refractivity contribution in [3.63, 3.8) is 0 Å². The van der Waals surface area contributed by atoms with Crippen LogP contribution in [0.1, 0.15) is 33.6 Å². The minimum atomic E-state index is -1.08. The SMILES string of the molecule is COCO[C@H]1CC[C@@H](Br)[C@]23OC(=O)[C@](OC)([C@@H](Sc4ccccc4)[C@]12C)C3(C)C. The minimum Gasteiger partial charge on any atom is -0.454 e. The van der Waals surface area contributed by atoms with Crippen molar-refractivity contribution in [2.75, 3.05) is 21.0 Å². The molecule has 160 valence electrons. The third-order valence-corrected chi connectivity index (χ3v) is 10.3. The summed E-state index contributed by atoms with van der Waals surface area (Å²) in [5.74, 6) is -0.271. The molecule has 2 saturated carbocycles. The van der Waals surface area contributed by atoms with Crippen LogP contribution in [0.5, 0.6) is 0 Å². The molecule has 6 atom stereocenters. The van der Waals surface area contributed by atoms with Crippen molar-refractivity contribution in [3.8, 4) is 0 Å². The molecule has 1 heterocycles. The predicted molar refractivity (Wildman–Crippen MR) is 115 cm³/mol. The van der Waals surface area contributed by atoms with Gasteiger partial charge >= 0.3 is 5.97 Å². The van der Waals surface area contributed by atoms with E-state index in [4.69, 9.17) is 18.9 Å². The molecular weight excluding hydrogens is 456 g/mol. The van der Waals surface area contributed by atoms with E-state index in [0.29, 0.717) is 0 Å². The van der Waals surface area contributed by atoms with Crippen molar-refractivity contribution in [2.24, 2.45) is 10.8 Å². The molecule has 1 aromatic carbocycles. The second-order valence-corrected chi connectivity index (χ2v) is 11.2. The summed E-state index contributed by atoms with van der Waals surface area (Å²) < 4.78 is 23.9. The molecule has 1 saturated heterocycles. The van der Waals surface area contributed by atoms with E-state index >= 15 is 0 Å². The number of alkyl halides is 1. The number of thioether (sulfide) groups is 1. The van der Waals surface area contributed by atoms with Crippen molar-refractivity contribution < 1.29 is 23.7 Å². The summed E-state index contributed by atoms with van der Waals surface area (Å²) >= 11 is 5.61. The van der Waals surface area contributed by atoms with Gasteiger partial charge in [0.05, 0.1) is 21.6 Å². The van der Waals surface area contributed by atoms with Crippen LogP contribution in [-0.4, -0.2) is 54.4 Å². The number of fused-ring (bicyclic) bond motifs is 1. The van der Waals surface area contributed by atoms with Gasteiger partial charge in [-0.05, 0) is 25.0 Å². The fourth-order valence-corrected chi connectivity index (χ4v) is 9.64. The molecule has 7 heteroatoms. The smallest absolute Gasteiger partial charge is 0.340 e. The third-order valence-electron chi connectivity index (χ3n) is 7.63. The first-order valence-electron chi connectivity index (χ1n) is 9.99. The molecule has 0 unspecified atom stereocenters. The summed E-state index contributed by atoms with van der Waals surface area (Å²) in [5.41, 5.74) is -2.87. The molecule has 1 spiro atoms. The number of esters is 1. The first kappa shape index (κ1) is 21.6. The molecule has 0 aromatic heterocycles. The number of carbonyl (C=O) groups is 1. The summed E-state index contributed by atoms with van der Waals surface area (Å²) in [4.78, 5) is 14.5. The zero-order chi connectivity index (χ0) is 21.1. The summed E-state index contributed by atoms with van der Waals surface area (Å²) in [5, 5.41) is -0.180. The Morgan fingerprint density at radius 3 is 2.48 bits per heavy atom. The van der Waals surface area contributed by atoms with E-state index in [-0.39, 0.29) is 28.9 Å². The van der Waals surface area contributed by atoms with Gasteiger partial charge in [0.25, 0.3) is 0 Å². The summed E-state index contributed by atoms with van der Waals surface area (Å²) in [6.45, 7) is 6.63. The van der Waals surface area contributed by atoms with Gasteiger partial charge in [-0.3, -0.25) is 0 Å². The van der Waals surface area contributed by atoms with E-state index in [0.717, 1.165) is 17.7 Å². The topological polar surface area (TPSA) is 54.0 Å². The molecule has 1 aliphatic heterocycles. The van der Waals surface area contributed by atoms with E-state index < -0.39 is 22.0 Å². The highest BCUT2D eigenvalue weighted by atomic mass is 79.9. The highest BCUT2D eigenvalue weighted by Crippen LogP contribution is 2.77. The lowest BCUT2D eigenvalue weighted by atomic mass is 9.58. The Bertz CT molecular complexity index is 787. The van der Waals surface area contributed by atoms with Crippen molar-refractivity contribution >= 4 is 33.7 Å². The van der Waals surface area contributed by atoms with Crippen molar-refractivity contribution in [1.82, 2.24) is 0 Å². The van der Waals surface area contributed by atoms with Crippen LogP contribution in [-0.2, 0) is 23.7 Å². The van der Waals surface area contributed by atoms with Gasteiger partial charge in [-0.1, -0.05) is 54.9 Å². The zero-order valence-electron chi connectivity index (χ0n) is 17.6. The molecule has 1 aromatic rings. The Balaban J connectivity index is 1.92. The Morgan fingerprint density at radius 1 is 1.17 bits per heavy atom. The van der Waals surface area contributed by atoms with Crippen LogP contribution in [0.4, 0.5) is 0 Å². The normalized spacial score (nSPS) is 42.6. The van der Waals surface area contributed by atoms with Gasteiger partial charge in [0.1, 0.15) is 12.4 Å². The average Bonchev–Trinajstić information content (AvgIpc) is 2.96. The molecule has 0 N–H and O–H groups in total. The molecule has 3 fully saturated rings. The van der Waals surface area contributed by atoms with Gasteiger partial charge in [0.15, 0.2) is 5.60 Å². The molecule has 2 aliphatic carbocycles. The summed E-state index contributed by atoms with van der Waals surface area (Å²) in [6, 6.07) is 10.2. The van der Waals surface area contributed by atoms with E-state index in [1.165, 1.54) is 0 Å². The van der Waals surface area contributed by atoms with Crippen LogP contribution in [0, 0.1) is 10.8 Å². The minimum absolute atomic E-state index is 0.0137. The van der Waals surface area contributed by atoms with Crippen molar-refractivity contribution in [1.29, 1.82) is 0 Å². The number of rotatable bonds is 6. The lowest BCUT2D eigenvalue weighted by molar-refractivity contribution is -0.224. The van der Waals surface area contributed by atoms with Crippen LogP contribution in [0.3, 0.4) is 0 Å². The summed E-state index contributed by atoms with van der Waals surface area (Å²) in [6.07, 6.45) is 1.59. The monoisotopic (exact) mass is 484 g/mol. The van der Waals surface area contributed by atoms with E-state index in [9.17, 15) is 4.79 Å². The van der Waals surface area contributed by atoms with Gasteiger partial charge in [-0.25, -0.2) is 4.79 Å². The predicted octanol–water partition coefficient (Wildman–Crippen LogP) is 4.42. The average molecular weight is 485 g/mol. The molecule has 5 nitrogen and oxygen atoms in total. The zero-order valence-corrected chi connectivity index (χ0v) is 20.0. The number of ether oxygens (including phenoxy) is 4. The Kier molecular flexibility index (Phi) is 5.39. The number of methoxy groups -OCH3 is 2. The number of halogens is 1. The summed E-state index contributed by atoms with van der Waals surface area (Å²) in [7, 11) is 3.27. The molecular formula is C22H29BrO5S. The number of hydrogen-bond acceptors (Lipinski definition) is 6. The van der Waals surface area contributed by atoms with Gasteiger partial charge in [-0.15, -0.1) is 11.8 Å². The van der Waals surface area contributed by atoms with Crippen LogP contribution < -0.4 is 0 Å². The lowest BCUT2D eigenvalue weighted by Gasteiger charge is -2.57. The first-order valence-corrected chi connectivity index (χ1v) is 11.8. The molecule has 4 rings (SSSR count). The fraction of sp³-hybridized carbons (Fsp3) is 0.682. The second-order valence-electron chi connectivity index (χ2n) is 8.89. The number of carbonyl (C=O) groups excluding carboxylic acids is 1. The Morgan fingerprint density at radius 2 is 1.86 bits per heavy atom. The van der Waals surface area contributed by atoms with Gasteiger partial charge < -0.3 is 18.9 Å². The van der Waals surface area contributed by atoms with E-state index in [2.05, 4.69) is 48.8 Å². The molecule has 2 bridgehead atoms.